The molecule has 0 aromatic heterocycles. The van der Waals surface area contributed by atoms with Gasteiger partial charge in [0.05, 0.1) is 6.10 Å². The van der Waals surface area contributed by atoms with Gasteiger partial charge in [0.2, 0.25) is 0 Å². The normalized spacial score (nSPS) is 26.4. The minimum atomic E-state index is -0.0798. The Morgan fingerprint density at radius 1 is 1.06 bits per heavy atom. The molecule has 0 radical (unpaired) electrons. The number of benzene rings is 1. The third kappa shape index (κ3) is 3.08. The molecule has 1 aliphatic carbocycles. The number of aliphatic hydroxyl groups is 1. The van der Waals surface area contributed by atoms with E-state index in [0.29, 0.717) is 5.92 Å². The zero-order chi connectivity index (χ0) is 11.4. The molecule has 1 aromatic carbocycles. The van der Waals surface area contributed by atoms with Crippen LogP contribution in [0.15, 0.2) is 24.3 Å². The van der Waals surface area contributed by atoms with E-state index < -0.39 is 0 Å². The fourth-order valence-electron chi connectivity index (χ4n) is 2.63. The third-order valence-electron chi connectivity index (χ3n) is 3.74. The molecule has 0 saturated heterocycles. The molecule has 0 spiro atoms. The molecular weight excluding hydrogens is 196 g/mol. The van der Waals surface area contributed by atoms with Crippen molar-refractivity contribution in [3.63, 3.8) is 0 Å². The van der Waals surface area contributed by atoms with Crippen molar-refractivity contribution in [2.45, 2.75) is 51.6 Å². The van der Waals surface area contributed by atoms with Crippen molar-refractivity contribution in [1.29, 1.82) is 0 Å². The second-order valence-electron chi connectivity index (χ2n) is 5.16. The second-order valence-corrected chi connectivity index (χ2v) is 5.16. The third-order valence-corrected chi connectivity index (χ3v) is 3.74. The minimum Gasteiger partial charge on any atom is -0.393 e. The van der Waals surface area contributed by atoms with Gasteiger partial charge in [0, 0.05) is 0 Å². The standard InChI is InChI=1S/C15H22O/c1-12-7-9-13(10-8-12)11-14-5-3-2-4-6-15(14)16/h7-10,14-16H,2-6,11H2,1H3. The molecule has 1 N–H and O–H groups in total. The molecule has 16 heavy (non-hydrogen) atoms. The number of hydrogen-bond donors (Lipinski definition) is 1. The van der Waals surface area contributed by atoms with E-state index in [9.17, 15) is 5.11 Å². The molecule has 0 heterocycles. The number of rotatable bonds is 2. The van der Waals surface area contributed by atoms with Crippen molar-refractivity contribution in [3.05, 3.63) is 35.4 Å². The smallest absolute Gasteiger partial charge is 0.0571 e. The molecule has 1 saturated carbocycles. The van der Waals surface area contributed by atoms with Gasteiger partial charge in [0.1, 0.15) is 0 Å². The Morgan fingerprint density at radius 3 is 2.50 bits per heavy atom. The van der Waals surface area contributed by atoms with Crippen LogP contribution in [0.1, 0.15) is 43.2 Å². The van der Waals surface area contributed by atoms with Crippen LogP contribution in [0.4, 0.5) is 0 Å². The van der Waals surface area contributed by atoms with Gasteiger partial charge in [-0.25, -0.2) is 0 Å². The van der Waals surface area contributed by atoms with Gasteiger partial charge < -0.3 is 5.11 Å². The summed E-state index contributed by atoms with van der Waals surface area (Å²) in [5.74, 6) is 0.477. The first-order valence-electron chi connectivity index (χ1n) is 6.49. The van der Waals surface area contributed by atoms with Gasteiger partial charge in [-0.2, -0.15) is 0 Å². The average Bonchev–Trinajstić information content (AvgIpc) is 2.48. The molecule has 2 atom stereocenters. The highest BCUT2D eigenvalue weighted by Crippen LogP contribution is 2.26. The highest BCUT2D eigenvalue weighted by atomic mass is 16.3. The Balaban J connectivity index is 1.99. The summed E-state index contributed by atoms with van der Waals surface area (Å²) in [6.07, 6.45) is 6.93. The first-order chi connectivity index (χ1) is 7.75. The zero-order valence-corrected chi connectivity index (χ0v) is 10.2. The topological polar surface area (TPSA) is 20.2 Å². The summed E-state index contributed by atoms with van der Waals surface area (Å²) in [6, 6.07) is 8.73. The predicted octanol–water partition coefficient (Wildman–Crippen LogP) is 3.48. The molecule has 0 aliphatic heterocycles. The van der Waals surface area contributed by atoms with Crippen LogP contribution in [0.3, 0.4) is 0 Å². The molecule has 1 heteroatoms. The Hall–Kier alpha value is -0.820. The largest absolute Gasteiger partial charge is 0.393 e. The second kappa shape index (κ2) is 5.49. The number of hydrogen-bond acceptors (Lipinski definition) is 1. The van der Waals surface area contributed by atoms with Gasteiger partial charge >= 0.3 is 0 Å². The summed E-state index contributed by atoms with van der Waals surface area (Å²) < 4.78 is 0. The van der Waals surface area contributed by atoms with Gasteiger partial charge in [-0.3, -0.25) is 0 Å². The highest BCUT2D eigenvalue weighted by molar-refractivity contribution is 5.21. The van der Waals surface area contributed by atoms with Crippen LogP contribution in [0.25, 0.3) is 0 Å². The lowest BCUT2D eigenvalue weighted by Crippen LogP contribution is -2.20. The van der Waals surface area contributed by atoms with Gasteiger partial charge in [0.25, 0.3) is 0 Å². The maximum absolute atomic E-state index is 10.1. The van der Waals surface area contributed by atoms with Crippen molar-refractivity contribution in [2.75, 3.05) is 0 Å². The SMILES string of the molecule is Cc1ccc(CC2CCCCCC2O)cc1. The van der Waals surface area contributed by atoms with Crippen LogP contribution < -0.4 is 0 Å². The van der Waals surface area contributed by atoms with Crippen molar-refractivity contribution >= 4 is 0 Å². The van der Waals surface area contributed by atoms with Crippen LogP contribution >= 0.6 is 0 Å². The summed E-state index contributed by atoms with van der Waals surface area (Å²) in [4.78, 5) is 0. The fourth-order valence-corrected chi connectivity index (χ4v) is 2.63. The van der Waals surface area contributed by atoms with Crippen molar-refractivity contribution < 1.29 is 5.11 Å². The predicted molar refractivity (Wildman–Crippen MR) is 67.5 cm³/mol. The number of aryl methyl sites for hydroxylation is 1. The Labute approximate surface area is 98.5 Å². The summed E-state index contributed by atoms with van der Waals surface area (Å²) in [7, 11) is 0. The van der Waals surface area contributed by atoms with Gasteiger partial charge in [-0.05, 0) is 37.7 Å². The summed E-state index contributed by atoms with van der Waals surface area (Å²) in [5, 5.41) is 10.1. The van der Waals surface area contributed by atoms with E-state index >= 15 is 0 Å². The van der Waals surface area contributed by atoms with Crippen LogP contribution in [-0.2, 0) is 6.42 Å². The Bertz CT molecular complexity index is 315. The molecule has 2 unspecified atom stereocenters. The van der Waals surface area contributed by atoms with Crippen LogP contribution in [-0.4, -0.2) is 11.2 Å². The molecular formula is C15H22O. The summed E-state index contributed by atoms with van der Waals surface area (Å²) in [6.45, 7) is 2.12. The van der Waals surface area contributed by atoms with Gasteiger partial charge in [-0.15, -0.1) is 0 Å². The molecule has 1 aromatic rings. The van der Waals surface area contributed by atoms with E-state index in [1.807, 2.05) is 0 Å². The van der Waals surface area contributed by atoms with E-state index in [0.717, 1.165) is 12.8 Å². The highest BCUT2D eigenvalue weighted by Gasteiger charge is 2.21. The van der Waals surface area contributed by atoms with Crippen LogP contribution in [0.5, 0.6) is 0 Å². The monoisotopic (exact) mass is 218 g/mol. The van der Waals surface area contributed by atoms with Gasteiger partial charge in [-0.1, -0.05) is 49.1 Å². The lowest BCUT2D eigenvalue weighted by atomic mass is 9.90. The molecule has 0 amide bonds. The molecule has 1 nitrogen and oxygen atoms in total. The Morgan fingerprint density at radius 2 is 1.75 bits per heavy atom. The lowest BCUT2D eigenvalue weighted by molar-refractivity contribution is 0.101. The molecule has 0 bridgehead atoms. The average molecular weight is 218 g/mol. The van der Waals surface area contributed by atoms with E-state index in [1.165, 1.54) is 36.8 Å². The van der Waals surface area contributed by atoms with E-state index in [4.69, 9.17) is 0 Å². The van der Waals surface area contributed by atoms with Crippen molar-refractivity contribution in [3.8, 4) is 0 Å². The molecule has 2 rings (SSSR count). The maximum atomic E-state index is 10.1. The van der Waals surface area contributed by atoms with Crippen molar-refractivity contribution in [2.24, 2.45) is 5.92 Å². The Kier molecular flexibility index (Phi) is 4.00. The van der Waals surface area contributed by atoms with Crippen LogP contribution in [0.2, 0.25) is 0 Å². The number of aliphatic hydroxyl groups excluding tert-OH is 1. The molecule has 1 aliphatic rings. The molecule has 1 fully saturated rings. The van der Waals surface area contributed by atoms with E-state index in [-0.39, 0.29) is 6.10 Å². The van der Waals surface area contributed by atoms with Gasteiger partial charge in [0.15, 0.2) is 0 Å². The maximum Gasteiger partial charge on any atom is 0.0571 e. The van der Waals surface area contributed by atoms with E-state index in [2.05, 4.69) is 31.2 Å². The fraction of sp³-hybridized carbons (Fsp3) is 0.600. The zero-order valence-electron chi connectivity index (χ0n) is 10.2. The first kappa shape index (κ1) is 11.7. The molecule has 88 valence electrons. The summed E-state index contributed by atoms with van der Waals surface area (Å²) >= 11 is 0. The summed E-state index contributed by atoms with van der Waals surface area (Å²) in [5.41, 5.74) is 2.68. The van der Waals surface area contributed by atoms with E-state index in [1.54, 1.807) is 0 Å². The first-order valence-corrected chi connectivity index (χ1v) is 6.49. The van der Waals surface area contributed by atoms with Crippen LogP contribution in [0, 0.1) is 12.8 Å². The lowest BCUT2D eigenvalue weighted by Gasteiger charge is -2.20. The quantitative estimate of drug-likeness (QED) is 0.753. The van der Waals surface area contributed by atoms with Crippen molar-refractivity contribution in [1.82, 2.24) is 0 Å². The minimum absolute atomic E-state index is 0.0798.